The van der Waals surface area contributed by atoms with Crippen LogP contribution in [0.15, 0.2) is 42.5 Å². The molecule has 1 aromatic heterocycles. The lowest BCUT2D eigenvalue weighted by atomic mass is 10.1. The standard InChI is InChI=1S/C19H17N3O2/c1-12-5-3-4-6-14(11-12)19-21-16(17(22-19)18(20)23)13-7-9-15(24-2)10-8-13/h4,6-12H,1-2H3,(H2,20,23)(H,21,22). The first-order valence-corrected chi connectivity index (χ1v) is 7.52. The van der Waals surface area contributed by atoms with E-state index in [2.05, 4.69) is 21.8 Å². The summed E-state index contributed by atoms with van der Waals surface area (Å²) < 4.78 is 5.16. The van der Waals surface area contributed by atoms with E-state index in [1.165, 1.54) is 0 Å². The number of primary amides is 1. The van der Waals surface area contributed by atoms with Crippen LogP contribution in [-0.2, 0) is 0 Å². The van der Waals surface area contributed by atoms with Gasteiger partial charge in [-0.1, -0.05) is 17.9 Å². The molecule has 0 saturated heterocycles. The van der Waals surface area contributed by atoms with Crippen molar-refractivity contribution in [1.29, 1.82) is 0 Å². The quantitative estimate of drug-likeness (QED) is 0.850. The van der Waals surface area contributed by atoms with Gasteiger partial charge in [0.2, 0.25) is 0 Å². The molecule has 1 aromatic carbocycles. The summed E-state index contributed by atoms with van der Waals surface area (Å²) in [6.07, 6.45) is 5.64. The molecular formula is C19H17N3O2. The Hall–Kier alpha value is -3.26. The lowest BCUT2D eigenvalue weighted by Gasteiger charge is -2.02. The maximum atomic E-state index is 11.8. The van der Waals surface area contributed by atoms with E-state index in [1.54, 1.807) is 13.2 Å². The monoisotopic (exact) mass is 319 g/mol. The van der Waals surface area contributed by atoms with Gasteiger partial charge in [0, 0.05) is 17.1 Å². The molecule has 24 heavy (non-hydrogen) atoms. The molecule has 5 heteroatoms. The van der Waals surface area contributed by atoms with Crippen molar-refractivity contribution >= 4 is 11.5 Å². The summed E-state index contributed by atoms with van der Waals surface area (Å²) in [6.45, 7) is 2.00. The Morgan fingerprint density at radius 1 is 1.33 bits per heavy atom. The van der Waals surface area contributed by atoms with E-state index in [4.69, 9.17) is 10.5 Å². The molecule has 120 valence electrons. The number of aromatic nitrogens is 2. The van der Waals surface area contributed by atoms with Gasteiger partial charge in [0.1, 0.15) is 23.0 Å². The number of amides is 1. The Morgan fingerprint density at radius 3 is 2.75 bits per heavy atom. The number of rotatable bonds is 4. The number of methoxy groups -OCH3 is 1. The summed E-state index contributed by atoms with van der Waals surface area (Å²) in [5.41, 5.74) is 7.96. The lowest BCUT2D eigenvalue weighted by molar-refractivity contribution is 0.0996. The van der Waals surface area contributed by atoms with Gasteiger partial charge in [0.25, 0.3) is 5.91 Å². The number of nitrogens with zero attached hydrogens (tertiary/aromatic N) is 1. The third kappa shape index (κ3) is 3.08. The molecule has 3 N–H and O–H groups in total. The van der Waals surface area contributed by atoms with Gasteiger partial charge in [0.05, 0.1) is 7.11 Å². The molecule has 0 fully saturated rings. The second kappa shape index (κ2) is 6.47. The SMILES string of the molecule is COc1ccc(-c2nc(C3=CC(C)C#CC=C3)[nH]c2C(N)=O)cc1. The van der Waals surface area contributed by atoms with Crippen LogP contribution in [0.2, 0.25) is 0 Å². The molecule has 1 amide bonds. The summed E-state index contributed by atoms with van der Waals surface area (Å²) in [5, 5.41) is 0. The van der Waals surface area contributed by atoms with E-state index in [-0.39, 0.29) is 11.6 Å². The minimum Gasteiger partial charge on any atom is -0.497 e. The number of nitrogens with one attached hydrogen (secondary N) is 1. The normalized spacial score (nSPS) is 15.9. The zero-order valence-corrected chi connectivity index (χ0v) is 13.5. The first-order chi connectivity index (χ1) is 11.6. The number of hydrogen-bond donors (Lipinski definition) is 2. The maximum absolute atomic E-state index is 11.8. The van der Waals surface area contributed by atoms with E-state index in [0.29, 0.717) is 11.5 Å². The van der Waals surface area contributed by atoms with Crippen molar-refractivity contribution in [2.24, 2.45) is 11.7 Å². The molecule has 0 saturated carbocycles. The highest BCUT2D eigenvalue weighted by atomic mass is 16.5. The molecule has 1 atom stereocenters. The molecule has 2 aromatic rings. The molecule has 1 heterocycles. The summed E-state index contributed by atoms with van der Waals surface area (Å²) in [6, 6.07) is 7.31. The number of hydrogen-bond acceptors (Lipinski definition) is 3. The van der Waals surface area contributed by atoms with Gasteiger partial charge in [-0.25, -0.2) is 4.98 Å². The number of H-pyrrole nitrogens is 1. The van der Waals surface area contributed by atoms with Crippen LogP contribution >= 0.6 is 0 Å². The van der Waals surface area contributed by atoms with Crippen LogP contribution in [0.4, 0.5) is 0 Å². The van der Waals surface area contributed by atoms with Crippen molar-refractivity contribution in [3.8, 4) is 28.8 Å². The average Bonchev–Trinajstić information content (AvgIpc) is 2.92. The third-order valence-corrected chi connectivity index (χ3v) is 3.67. The van der Waals surface area contributed by atoms with Crippen molar-refractivity contribution in [2.75, 3.05) is 7.11 Å². The number of aromatic amines is 1. The molecule has 0 aliphatic heterocycles. The van der Waals surface area contributed by atoms with Crippen LogP contribution in [0.25, 0.3) is 16.8 Å². The zero-order chi connectivity index (χ0) is 17.1. The Balaban J connectivity index is 2.06. The number of carbonyl (C=O) groups is 1. The van der Waals surface area contributed by atoms with E-state index >= 15 is 0 Å². The van der Waals surface area contributed by atoms with E-state index in [1.807, 2.05) is 43.3 Å². The third-order valence-electron chi connectivity index (χ3n) is 3.67. The van der Waals surface area contributed by atoms with Crippen LogP contribution in [0, 0.1) is 17.8 Å². The first kappa shape index (κ1) is 15.6. The van der Waals surface area contributed by atoms with Crippen LogP contribution in [0.3, 0.4) is 0 Å². The Morgan fingerprint density at radius 2 is 2.08 bits per heavy atom. The summed E-state index contributed by atoms with van der Waals surface area (Å²) in [5.74, 6) is 6.89. The van der Waals surface area contributed by atoms with Crippen molar-refractivity contribution < 1.29 is 9.53 Å². The Bertz CT molecular complexity index is 893. The average molecular weight is 319 g/mol. The summed E-state index contributed by atoms with van der Waals surface area (Å²) >= 11 is 0. The molecule has 1 aliphatic rings. The highest BCUT2D eigenvalue weighted by Crippen LogP contribution is 2.27. The van der Waals surface area contributed by atoms with Crippen LogP contribution < -0.4 is 10.5 Å². The number of allylic oxidation sites excluding steroid dienone is 4. The molecule has 3 rings (SSSR count). The lowest BCUT2D eigenvalue weighted by Crippen LogP contribution is -2.12. The number of benzene rings is 1. The minimum atomic E-state index is -0.554. The molecule has 0 spiro atoms. The maximum Gasteiger partial charge on any atom is 0.267 e. The van der Waals surface area contributed by atoms with Crippen molar-refractivity contribution in [2.45, 2.75) is 6.92 Å². The fourth-order valence-electron chi connectivity index (χ4n) is 2.48. The number of nitrogens with two attached hydrogens (primary N) is 1. The fourth-order valence-corrected chi connectivity index (χ4v) is 2.48. The van der Waals surface area contributed by atoms with Crippen molar-refractivity contribution in [1.82, 2.24) is 9.97 Å². The van der Waals surface area contributed by atoms with Crippen molar-refractivity contribution in [3.63, 3.8) is 0 Å². The van der Waals surface area contributed by atoms with Gasteiger partial charge in [-0.2, -0.15) is 0 Å². The van der Waals surface area contributed by atoms with E-state index in [0.717, 1.165) is 16.9 Å². The Kier molecular flexibility index (Phi) is 4.21. The van der Waals surface area contributed by atoms with Crippen LogP contribution in [0.1, 0.15) is 23.2 Å². The first-order valence-electron chi connectivity index (χ1n) is 7.52. The van der Waals surface area contributed by atoms with E-state index in [9.17, 15) is 4.79 Å². The molecule has 0 radical (unpaired) electrons. The van der Waals surface area contributed by atoms with Gasteiger partial charge in [-0.15, -0.1) is 0 Å². The van der Waals surface area contributed by atoms with Gasteiger partial charge < -0.3 is 15.5 Å². The highest BCUT2D eigenvalue weighted by Gasteiger charge is 2.18. The van der Waals surface area contributed by atoms with Crippen LogP contribution in [-0.4, -0.2) is 23.0 Å². The predicted molar refractivity (Wildman–Crippen MR) is 93.2 cm³/mol. The van der Waals surface area contributed by atoms with Gasteiger partial charge in [-0.3, -0.25) is 4.79 Å². The fraction of sp³-hybridized carbons (Fsp3) is 0.158. The smallest absolute Gasteiger partial charge is 0.267 e. The topological polar surface area (TPSA) is 81.0 Å². The highest BCUT2D eigenvalue weighted by molar-refractivity contribution is 5.98. The largest absolute Gasteiger partial charge is 0.497 e. The molecule has 1 aliphatic carbocycles. The Labute approximate surface area is 140 Å². The molecule has 5 nitrogen and oxygen atoms in total. The van der Waals surface area contributed by atoms with Gasteiger partial charge in [-0.05, 0) is 43.3 Å². The summed E-state index contributed by atoms with van der Waals surface area (Å²) in [4.78, 5) is 19.4. The van der Waals surface area contributed by atoms with Gasteiger partial charge in [0.15, 0.2) is 0 Å². The minimum absolute atomic E-state index is 0.0987. The van der Waals surface area contributed by atoms with Crippen LogP contribution in [0.5, 0.6) is 5.75 Å². The summed E-state index contributed by atoms with van der Waals surface area (Å²) in [7, 11) is 1.60. The number of imidazole rings is 1. The number of ether oxygens (including phenoxy) is 1. The molecule has 1 unspecified atom stereocenters. The second-order valence-electron chi connectivity index (χ2n) is 5.43. The van der Waals surface area contributed by atoms with E-state index < -0.39 is 5.91 Å². The second-order valence-corrected chi connectivity index (χ2v) is 5.43. The van der Waals surface area contributed by atoms with Gasteiger partial charge >= 0.3 is 0 Å². The predicted octanol–water partition coefficient (Wildman–Crippen LogP) is 2.78. The molecule has 0 bridgehead atoms. The number of carbonyl (C=O) groups excluding carboxylic acids is 1. The zero-order valence-electron chi connectivity index (χ0n) is 13.5. The van der Waals surface area contributed by atoms with Crippen molar-refractivity contribution in [3.05, 3.63) is 54.0 Å². The molecular weight excluding hydrogens is 302 g/mol.